The number of hydrogen-bond acceptors (Lipinski definition) is 12. The minimum absolute atomic E-state index is 0. The fraction of sp³-hybridized carbons (Fsp3) is 0.529. The van der Waals surface area contributed by atoms with Crippen molar-refractivity contribution < 1.29 is 43.8 Å². The molecule has 0 aliphatic carbocycles. The number of carboxylic acid groups (broad SMARTS) is 1. The van der Waals surface area contributed by atoms with Gasteiger partial charge in [-0.3, -0.25) is 14.6 Å². The van der Waals surface area contributed by atoms with Gasteiger partial charge in [-0.05, 0) is 112 Å². The molecule has 4 aliphatic rings. The van der Waals surface area contributed by atoms with E-state index in [9.17, 15) is 14.7 Å². The molecule has 14 heteroatoms. The van der Waals surface area contributed by atoms with Gasteiger partial charge in [0, 0.05) is 76.8 Å². The van der Waals surface area contributed by atoms with Crippen molar-refractivity contribution in [3.63, 3.8) is 0 Å². The number of unbranched alkanes of at least 4 members (excludes halogenated alkanes) is 4. The van der Waals surface area contributed by atoms with Crippen LogP contribution < -0.4 is 29.5 Å². The molecule has 65 heavy (non-hydrogen) atoms. The van der Waals surface area contributed by atoms with Crippen molar-refractivity contribution in [3.8, 4) is 0 Å². The number of esters is 1. The van der Waals surface area contributed by atoms with Crippen LogP contribution in [0.5, 0.6) is 0 Å². The number of ether oxygens (including phenoxy) is 1. The van der Waals surface area contributed by atoms with E-state index in [1.165, 1.54) is 81.0 Å². The fourth-order valence-electron chi connectivity index (χ4n) is 9.53. The molecule has 4 aromatic rings. The summed E-state index contributed by atoms with van der Waals surface area (Å²) in [5, 5.41) is 16.6. The van der Waals surface area contributed by atoms with Crippen LogP contribution in [0, 0.1) is 0 Å². The third-order valence-electron chi connectivity index (χ3n) is 13.2. The second kappa shape index (κ2) is 27.3. The van der Waals surface area contributed by atoms with E-state index < -0.39 is 12.0 Å². The Bertz CT molecular complexity index is 2010. The number of piperazine rings is 2. The van der Waals surface area contributed by atoms with Gasteiger partial charge in [-0.25, -0.2) is 14.8 Å². The second-order valence-corrected chi connectivity index (χ2v) is 17.5. The van der Waals surface area contributed by atoms with Gasteiger partial charge in [0.05, 0.1) is 7.11 Å². The van der Waals surface area contributed by atoms with Crippen molar-refractivity contribution in [3.05, 3.63) is 119 Å². The Labute approximate surface area is 399 Å². The molecule has 4 N–H and O–H groups in total. The number of nitrogens with one attached hydrogen (secondary N) is 2. The molecule has 346 valence electrons. The zero-order chi connectivity index (χ0) is 43.6. The SMILES string of the molecule is COC(=O)C(c1ccccc1)N1CCN(CCCCCc2ccc3c(n2)NCCC3)CC1.O=C(O)C(c1ccccc1)N1CCN(CCCCCc2ccc3c(n2)NCCC3)CC1.[Li+].[OH-]. The van der Waals surface area contributed by atoms with Crippen molar-refractivity contribution in [2.24, 2.45) is 0 Å². The number of nitrogens with zero attached hydrogens (tertiary/aromatic N) is 6. The van der Waals surface area contributed by atoms with E-state index in [1.807, 2.05) is 60.7 Å². The maximum Gasteiger partial charge on any atom is 1.00 e. The van der Waals surface area contributed by atoms with Crippen LogP contribution >= 0.6 is 0 Å². The van der Waals surface area contributed by atoms with E-state index in [2.05, 4.69) is 54.5 Å². The number of rotatable bonds is 18. The maximum absolute atomic E-state index is 12.4. The van der Waals surface area contributed by atoms with Crippen molar-refractivity contribution in [1.82, 2.24) is 29.6 Å². The quantitative estimate of drug-likeness (QED) is 0.0747. The van der Waals surface area contributed by atoms with E-state index in [0.29, 0.717) is 0 Å². The number of methoxy groups -OCH3 is 1. The third kappa shape index (κ3) is 15.4. The number of carbonyl (C=O) groups excluding carboxylic acids is 1. The van der Waals surface area contributed by atoms with Gasteiger partial charge in [-0.1, -0.05) is 85.6 Å². The Morgan fingerprint density at radius 1 is 0.600 bits per heavy atom. The van der Waals surface area contributed by atoms with Gasteiger partial charge in [-0.2, -0.15) is 0 Å². The topological polar surface area (TPSA) is 156 Å². The van der Waals surface area contributed by atoms with Crippen LogP contribution in [0.3, 0.4) is 0 Å². The van der Waals surface area contributed by atoms with E-state index in [4.69, 9.17) is 14.7 Å². The Morgan fingerprint density at radius 3 is 1.46 bits per heavy atom. The largest absolute Gasteiger partial charge is 1.00 e. The molecule has 0 spiro atoms. The number of pyridine rings is 2. The molecule has 2 saturated heterocycles. The molecule has 2 aromatic heterocycles. The van der Waals surface area contributed by atoms with E-state index in [-0.39, 0.29) is 36.3 Å². The normalized spacial score (nSPS) is 17.5. The molecule has 0 radical (unpaired) electrons. The summed E-state index contributed by atoms with van der Waals surface area (Å²) in [6, 6.07) is 27.6. The zero-order valence-corrected chi connectivity index (χ0v) is 39.0. The van der Waals surface area contributed by atoms with Gasteiger partial charge in [0.15, 0.2) is 0 Å². The number of carboxylic acids is 1. The summed E-state index contributed by atoms with van der Waals surface area (Å²) in [5.74, 6) is 1.27. The third-order valence-corrected chi connectivity index (χ3v) is 13.2. The summed E-state index contributed by atoms with van der Waals surface area (Å²) in [4.78, 5) is 43.3. The molecule has 2 unspecified atom stereocenters. The standard InChI is InChI=1S/C26H36N4O2.C25H34N4O2.Li.H2O/c1-32-26(31)24(21-9-4-2-5-10-21)30-19-17-29(18-20-30)16-7-3-6-12-23-14-13-22-11-8-15-27-25(22)28-23;30-25(31)23(20-8-3-1-4-9-20)29-18-16-28(17-19-29)15-6-2-5-11-22-13-12-21-10-7-14-26-24(21)27-22;;/h2,4-5,9-10,13-14,24H,3,6-8,11-12,15-20H2,1H3,(H,27,28);1,3-4,8-9,12-13,23H,2,5-7,10-11,14-19H2,(H,26,27)(H,30,31);;1H2/q;;+1;/p-1. The molecule has 0 bridgehead atoms. The first-order chi connectivity index (χ1) is 30.9. The Morgan fingerprint density at radius 2 is 1.03 bits per heavy atom. The fourth-order valence-corrected chi connectivity index (χ4v) is 9.53. The summed E-state index contributed by atoms with van der Waals surface area (Å²) >= 11 is 0. The monoisotopic (exact) mass is 883 g/mol. The summed E-state index contributed by atoms with van der Waals surface area (Å²) in [5.41, 5.74) is 7.00. The molecular weight excluding hydrogens is 812 g/mol. The van der Waals surface area contributed by atoms with Crippen LogP contribution in [0.2, 0.25) is 0 Å². The smallest absolute Gasteiger partial charge is 0.870 e. The van der Waals surface area contributed by atoms with Crippen LogP contribution in [0.1, 0.15) is 97.1 Å². The first kappa shape index (κ1) is 51.7. The molecule has 2 atom stereocenters. The Hall–Kier alpha value is -4.32. The van der Waals surface area contributed by atoms with Crippen LogP contribution in [-0.2, 0) is 40.0 Å². The van der Waals surface area contributed by atoms with Gasteiger partial charge < -0.3 is 35.8 Å². The number of fused-ring (bicyclic) bond motifs is 2. The number of aromatic nitrogens is 2. The second-order valence-electron chi connectivity index (χ2n) is 17.5. The molecule has 8 rings (SSSR count). The van der Waals surface area contributed by atoms with E-state index in [0.717, 1.165) is 127 Å². The first-order valence-corrected chi connectivity index (χ1v) is 23.7. The van der Waals surface area contributed by atoms with Gasteiger partial charge in [-0.15, -0.1) is 0 Å². The van der Waals surface area contributed by atoms with Gasteiger partial charge >= 0.3 is 30.8 Å². The van der Waals surface area contributed by atoms with Crippen molar-refractivity contribution in [2.45, 2.75) is 89.1 Å². The predicted octanol–water partition coefficient (Wildman–Crippen LogP) is 4.11. The predicted molar refractivity (Wildman–Crippen MR) is 253 cm³/mol. The first-order valence-electron chi connectivity index (χ1n) is 23.7. The maximum atomic E-state index is 12.4. The summed E-state index contributed by atoms with van der Waals surface area (Å²) in [6.07, 6.45) is 14.0. The number of anilines is 2. The van der Waals surface area contributed by atoms with Gasteiger partial charge in [0.2, 0.25) is 0 Å². The molecular formula is C51H71LiN8O5. The molecule has 13 nitrogen and oxygen atoms in total. The van der Waals surface area contributed by atoms with Crippen molar-refractivity contribution in [2.75, 3.05) is 96.3 Å². The minimum Gasteiger partial charge on any atom is -0.870 e. The van der Waals surface area contributed by atoms with E-state index in [1.54, 1.807) is 0 Å². The van der Waals surface area contributed by atoms with Crippen LogP contribution in [0.25, 0.3) is 0 Å². The van der Waals surface area contributed by atoms with Crippen molar-refractivity contribution in [1.29, 1.82) is 0 Å². The summed E-state index contributed by atoms with van der Waals surface area (Å²) in [6.45, 7) is 11.6. The van der Waals surface area contributed by atoms with Gasteiger partial charge in [0.25, 0.3) is 0 Å². The number of hydrogen-bond donors (Lipinski definition) is 3. The molecule has 2 aromatic carbocycles. The Balaban J connectivity index is 0.000000237. The van der Waals surface area contributed by atoms with Crippen LogP contribution in [-0.4, -0.2) is 138 Å². The molecule has 2 fully saturated rings. The summed E-state index contributed by atoms with van der Waals surface area (Å²) in [7, 11) is 1.48. The van der Waals surface area contributed by atoms with Crippen LogP contribution in [0.15, 0.2) is 84.9 Å². The Kier molecular flexibility index (Phi) is 21.7. The number of carbonyl (C=O) groups is 2. The zero-order valence-electron chi connectivity index (χ0n) is 39.0. The van der Waals surface area contributed by atoms with E-state index >= 15 is 0 Å². The average Bonchev–Trinajstić information content (AvgIpc) is 3.33. The number of benzene rings is 2. The van der Waals surface area contributed by atoms with Crippen molar-refractivity contribution >= 4 is 23.6 Å². The molecule has 0 saturated carbocycles. The number of aliphatic carboxylic acids is 1. The van der Waals surface area contributed by atoms with Gasteiger partial charge in [0.1, 0.15) is 23.7 Å². The molecule has 6 heterocycles. The average molecular weight is 883 g/mol. The van der Waals surface area contributed by atoms with Crippen LogP contribution in [0.4, 0.5) is 11.6 Å². The summed E-state index contributed by atoms with van der Waals surface area (Å²) < 4.78 is 5.10. The molecule has 0 amide bonds. The number of aryl methyl sites for hydroxylation is 4. The minimum atomic E-state index is -0.759. The molecule has 4 aliphatic heterocycles.